The number of piperidine rings is 1. The van der Waals surface area contributed by atoms with E-state index in [1.807, 2.05) is 30.9 Å². The van der Waals surface area contributed by atoms with Gasteiger partial charge < -0.3 is 10.0 Å². The van der Waals surface area contributed by atoms with Crippen molar-refractivity contribution in [1.82, 2.24) is 14.2 Å². The number of aromatic nitrogens is 1. The highest BCUT2D eigenvalue weighted by Crippen LogP contribution is 2.38. The number of fused-ring (bicyclic) bond motifs is 1. The third kappa shape index (κ3) is 4.21. The van der Waals surface area contributed by atoms with Crippen molar-refractivity contribution >= 4 is 26.8 Å². The van der Waals surface area contributed by atoms with Crippen LogP contribution in [0.2, 0.25) is 0 Å². The second-order valence-corrected chi connectivity index (χ2v) is 11.0. The van der Waals surface area contributed by atoms with Crippen molar-refractivity contribution in [3.8, 4) is 0 Å². The van der Waals surface area contributed by atoms with Gasteiger partial charge in [-0.15, -0.1) is 0 Å². The number of benzene rings is 1. The summed E-state index contributed by atoms with van der Waals surface area (Å²) < 4.78 is 28.5. The van der Waals surface area contributed by atoms with Crippen LogP contribution in [0, 0.1) is 23.7 Å². The normalized spacial score (nSPS) is 23.7. The van der Waals surface area contributed by atoms with Crippen molar-refractivity contribution in [3.05, 3.63) is 36.5 Å². The molecular weight excluding hydrogens is 414 g/mol. The van der Waals surface area contributed by atoms with Crippen LogP contribution in [0.25, 0.3) is 10.9 Å². The summed E-state index contributed by atoms with van der Waals surface area (Å²) in [6.07, 6.45) is 3.31. The molecule has 3 heterocycles. The first-order valence-electron chi connectivity index (χ1n) is 11.1. The fourth-order valence-corrected chi connectivity index (χ4v) is 6.82. The quantitative estimate of drug-likeness (QED) is 0.763. The number of rotatable bonds is 5. The zero-order valence-electron chi connectivity index (χ0n) is 18.1. The van der Waals surface area contributed by atoms with E-state index in [1.165, 1.54) is 4.31 Å². The number of aliphatic hydroxyl groups is 1. The molecule has 0 bridgehead atoms. The minimum atomic E-state index is -3.72. The standard InChI is InChI=1S/C23H31N3O4S/c1-16(2)23(28)25-11-8-17(9-12-25)20-14-26(13-19(20)15-27)31(29,30)21-7-3-5-18-6-4-10-24-22(18)21/h3-7,10,16-17,19-20,27H,8-9,11-15H2,1-2H3/t19-,20-/m0/s1. The Morgan fingerprint density at radius 3 is 2.55 bits per heavy atom. The zero-order valence-corrected chi connectivity index (χ0v) is 19.0. The average Bonchev–Trinajstić information content (AvgIpc) is 3.23. The summed E-state index contributed by atoms with van der Waals surface area (Å²) in [5.41, 5.74) is 0.481. The van der Waals surface area contributed by atoms with Crippen LogP contribution in [0.4, 0.5) is 0 Å². The van der Waals surface area contributed by atoms with Crippen LogP contribution in [0.5, 0.6) is 0 Å². The number of para-hydroxylation sites is 1. The summed E-state index contributed by atoms with van der Waals surface area (Å²) in [4.78, 5) is 18.7. The molecule has 1 aromatic carbocycles. The van der Waals surface area contributed by atoms with Gasteiger partial charge in [0.05, 0.1) is 5.52 Å². The van der Waals surface area contributed by atoms with Gasteiger partial charge in [0, 0.05) is 56.2 Å². The Balaban J connectivity index is 1.52. The first kappa shape index (κ1) is 22.2. The maximum absolute atomic E-state index is 13.5. The van der Waals surface area contributed by atoms with E-state index >= 15 is 0 Å². The highest BCUT2D eigenvalue weighted by Gasteiger charge is 2.43. The Hall–Kier alpha value is -2.03. The number of sulfonamides is 1. The molecule has 1 N–H and O–H groups in total. The van der Waals surface area contributed by atoms with Gasteiger partial charge in [-0.1, -0.05) is 32.0 Å². The first-order chi connectivity index (χ1) is 14.8. The van der Waals surface area contributed by atoms with Crippen molar-refractivity contribution in [1.29, 1.82) is 0 Å². The van der Waals surface area contributed by atoms with Crippen molar-refractivity contribution in [2.45, 2.75) is 31.6 Å². The van der Waals surface area contributed by atoms with Crippen LogP contribution < -0.4 is 0 Å². The average molecular weight is 446 g/mol. The van der Waals surface area contributed by atoms with Gasteiger partial charge in [-0.2, -0.15) is 4.31 Å². The summed E-state index contributed by atoms with van der Waals surface area (Å²) in [7, 11) is -3.72. The van der Waals surface area contributed by atoms with Gasteiger partial charge in [0.25, 0.3) is 0 Å². The Bertz CT molecular complexity index is 1040. The molecule has 7 nitrogen and oxygen atoms in total. The molecule has 0 saturated carbocycles. The van der Waals surface area contributed by atoms with Gasteiger partial charge in [0.2, 0.25) is 15.9 Å². The molecule has 2 aliphatic rings. The monoisotopic (exact) mass is 445 g/mol. The number of amides is 1. The minimum absolute atomic E-state index is 0.0110. The molecule has 0 aliphatic carbocycles. The SMILES string of the molecule is CC(C)C(=O)N1CCC([C@@H]2CN(S(=O)(=O)c3cccc4cccnc34)C[C@H]2CO)CC1. The largest absolute Gasteiger partial charge is 0.396 e. The highest BCUT2D eigenvalue weighted by atomic mass is 32.2. The summed E-state index contributed by atoms with van der Waals surface area (Å²) in [6, 6.07) is 8.87. The highest BCUT2D eigenvalue weighted by molar-refractivity contribution is 7.89. The fourth-order valence-electron chi connectivity index (χ4n) is 5.12. The Kier molecular flexibility index (Phi) is 6.32. The van der Waals surface area contributed by atoms with E-state index in [0.29, 0.717) is 37.6 Å². The van der Waals surface area contributed by atoms with Crippen molar-refractivity contribution < 1.29 is 18.3 Å². The number of aliphatic hydroxyl groups excluding tert-OH is 1. The lowest BCUT2D eigenvalue weighted by Crippen LogP contribution is -2.43. The molecule has 0 unspecified atom stereocenters. The molecule has 0 spiro atoms. The molecular formula is C23H31N3O4S. The molecule has 2 atom stereocenters. The number of likely N-dealkylation sites (tertiary alicyclic amines) is 1. The number of carbonyl (C=O) groups is 1. The molecule has 1 aromatic heterocycles. The summed E-state index contributed by atoms with van der Waals surface area (Å²) >= 11 is 0. The van der Waals surface area contributed by atoms with Gasteiger partial charge in [0.15, 0.2) is 0 Å². The topological polar surface area (TPSA) is 90.8 Å². The molecule has 168 valence electrons. The van der Waals surface area contributed by atoms with Crippen molar-refractivity contribution in [2.24, 2.45) is 23.7 Å². The predicted octanol–water partition coefficient (Wildman–Crippen LogP) is 2.36. The van der Waals surface area contributed by atoms with E-state index in [9.17, 15) is 18.3 Å². The van der Waals surface area contributed by atoms with Crippen LogP contribution >= 0.6 is 0 Å². The summed E-state index contributed by atoms with van der Waals surface area (Å²) in [5.74, 6) is 0.479. The lowest BCUT2D eigenvalue weighted by Gasteiger charge is -2.37. The van der Waals surface area contributed by atoms with Gasteiger partial charge in [-0.3, -0.25) is 9.78 Å². The van der Waals surface area contributed by atoms with E-state index < -0.39 is 10.0 Å². The van der Waals surface area contributed by atoms with E-state index in [2.05, 4.69) is 4.98 Å². The van der Waals surface area contributed by atoms with Crippen molar-refractivity contribution in [2.75, 3.05) is 32.8 Å². The van der Waals surface area contributed by atoms with Crippen LogP contribution in [0.3, 0.4) is 0 Å². The number of carbonyl (C=O) groups excluding carboxylic acids is 1. The molecule has 0 radical (unpaired) electrons. The second-order valence-electron chi connectivity index (χ2n) is 9.08. The molecule has 2 fully saturated rings. The molecule has 1 amide bonds. The maximum Gasteiger partial charge on any atom is 0.245 e. The molecule has 2 saturated heterocycles. The van der Waals surface area contributed by atoms with Crippen molar-refractivity contribution in [3.63, 3.8) is 0 Å². The first-order valence-corrected chi connectivity index (χ1v) is 12.5. The Labute approximate surface area is 184 Å². The number of hydrogen-bond donors (Lipinski definition) is 1. The van der Waals surface area contributed by atoms with Crippen LogP contribution in [0.1, 0.15) is 26.7 Å². The number of nitrogens with zero attached hydrogens (tertiary/aromatic N) is 3. The van der Waals surface area contributed by atoms with E-state index in [1.54, 1.807) is 24.4 Å². The molecule has 2 aromatic rings. The molecule has 2 aliphatic heterocycles. The number of hydrogen-bond acceptors (Lipinski definition) is 5. The van der Waals surface area contributed by atoms with Gasteiger partial charge in [-0.05, 0) is 36.8 Å². The fraction of sp³-hybridized carbons (Fsp3) is 0.565. The summed E-state index contributed by atoms with van der Waals surface area (Å²) in [6.45, 7) is 5.93. The lowest BCUT2D eigenvalue weighted by molar-refractivity contribution is -0.136. The van der Waals surface area contributed by atoms with Gasteiger partial charge in [-0.25, -0.2) is 8.42 Å². The Morgan fingerprint density at radius 1 is 1.16 bits per heavy atom. The van der Waals surface area contributed by atoms with E-state index in [-0.39, 0.29) is 35.2 Å². The van der Waals surface area contributed by atoms with Crippen LogP contribution in [0.15, 0.2) is 41.4 Å². The predicted molar refractivity (Wildman–Crippen MR) is 119 cm³/mol. The van der Waals surface area contributed by atoms with E-state index in [4.69, 9.17) is 0 Å². The molecule has 4 rings (SSSR count). The second kappa shape index (κ2) is 8.84. The third-order valence-corrected chi connectivity index (χ3v) is 8.72. The molecule has 31 heavy (non-hydrogen) atoms. The summed E-state index contributed by atoms with van der Waals surface area (Å²) in [5, 5.41) is 10.8. The third-order valence-electron chi connectivity index (χ3n) is 6.86. The number of pyridine rings is 1. The maximum atomic E-state index is 13.5. The van der Waals surface area contributed by atoms with Crippen LogP contribution in [-0.4, -0.2) is 66.4 Å². The van der Waals surface area contributed by atoms with Gasteiger partial charge >= 0.3 is 0 Å². The minimum Gasteiger partial charge on any atom is -0.396 e. The van der Waals surface area contributed by atoms with E-state index in [0.717, 1.165) is 18.2 Å². The Morgan fingerprint density at radius 2 is 1.87 bits per heavy atom. The molecule has 8 heteroatoms. The lowest BCUT2D eigenvalue weighted by atomic mass is 9.78. The zero-order chi connectivity index (χ0) is 22.2. The smallest absolute Gasteiger partial charge is 0.245 e. The van der Waals surface area contributed by atoms with Gasteiger partial charge in [0.1, 0.15) is 4.90 Å². The van der Waals surface area contributed by atoms with Crippen LogP contribution in [-0.2, 0) is 14.8 Å².